The summed E-state index contributed by atoms with van der Waals surface area (Å²) >= 11 is 1.82. The van der Waals surface area contributed by atoms with E-state index in [0.717, 1.165) is 0 Å². The minimum atomic E-state index is -1.06. The lowest BCUT2D eigenvalue weighted by atomic mass is 10.2. The predicted octanol–water partition coefficient (Wildman–Crippen LogP) is 1.28. The lowest BCUT2D eigenvalue weighted by molar-refractivity contribution is 0.0697. The average Bonchev–Trinajstić information content (AvgIpc) is 1.99. The lowest BCUT2D eigenvalue weighted by Crippen LogP contribution is -1.99. The van der Waals surface area contributed by atoms with Crippen molar-refractivity contribution < 1.29 is 15.0 Å². The van der Waals surface area contributed by atoms with Crippen molar-refractivity contribution in [3.05, 3.63) is 21.3 Å². The third kappa shape index (κ3) is 1.60. The zero-order chi connectivity index (χ0) is 9.30. The van der Waals surface area contributed by atoms with Gasteiger partial charge in [-0.05, 0) is 34.7 Å². The molecule has 4 N–H and O–H groups in total. The van der Waals surface area contributed by atoms with Crippen LogP contribution in [0.3, 0.4) is 0 Å². The number of hydrogen-bond acceptors (Lipinski definition) is 3. The van der Waals surface area contributed by atoms with Gasteiger partial charge in [0.05, 0.1) is 14.8 Å². The van der Waals surface area contributed by atoms with E-state index in [0.29, 0.717) is 3.57 Å². The van der Waals surface area contributed by atoms with Gasteiger partial charge in [-0.3, -0.25) is 0 Å². The molecule has 0 amide bonds. The molecule has 0 unspecified atom stereocenters. The minimum Gasteiger partial charge on any atom is -0.505 e. The van der Waals surface area contributed by atoms with E-state index in [1.54, 1.807) is 0 Å². The van der Waals surface area contributed by atoms with E-state index in [-0.39, 0.29) is 17.0 Å². The van der Waals surface area contributed by atoms with Gasteiger partial charge in [0.25, 0.3) is 0 Å². The summed E-state index contributed by atoms with van der Waals surface area (Å²) in [6.07, 6.45) is 0. The Morgan fingerprint density at radius 2 is 2.08 bits per heavy atom. The summed E-state index contributed by atoms with van der Waals surface area (Å²) in [6, 6.07) is 2.58. The highest BCUT2D eigenvalue weighted by Gasteiger charge is 2.09. The number of hydrogen-bond donors (Lipinski definition) is 3. The van der Waals surface area contributed by atoms with Crippen LogP contribution < -0.4 is 5.73 Å². The van der Waals surface area contributed by atoms with Crippen LogP contribution >= 0.6 is 22.6 Å². The Bertz CT molecular complexity index is 314. The van der Waals surface area contributed by atoms with Crippen molar-refractivity contribution in [1.82, 2.24) is 0 Å². The highest BCUT2D eigenvalue weighted by Crippen LogP contribution is 2.27. The molecule has 0 spiro atoms. The van der Waals surface area contributed by atoms with Gasteiger partial charge in [0.2, 0.25) is 0 Å². The maximum Gasteiger partial charge on any atom is 0.335 e. The molecule has 1 rings (SSSR count). The number of benzene rings is 1. The zero-order valence-corrected chi connectivity index (χ0v) is 8.07. The second-order valence-corrected chi connectivity index (χ2v) is 3.36. The van der Waals surface area contributed by atoms with Gasteiger partial charge >= 0.3 is 5.97 Å². The Morgan fingerprint density at radius 1 is 1.50 bits per heavy atom. The molecule has 0 heterocycles. The second-order valence-electron chi connectivity index (χ2n) is 2.20. The monoisotopic (exact) mass is 279 g/mol. The van der Waals surface area contributed by atoms with Crippen molar-refractivity contribution in [3.63, 3.8) is 0 Å². The first-order valence-electron chi connectivity index (χ1n) is 3.03. The lowest BCUT2D eigenvalue weighted by Gasteiger charge is -2.02. The van der Waals surface area contributed by atoms with Crippen LogP contribution in [0.4, 0.5) is 5.69 Å². The summed E-state index contributed by atoms with van der Waals surface area (Å²) in [5, 5.41) is 17.8. The Labute approximate surface area is 82.1 Å². The number of carboxylic acid groups (broad SMARTS) is 1. The summed E-state index contributed by atoms with van der Waals surface area (Å²) in [6.45, 7) is 0. The van der Waals surface area contributed by atoms with Crippen molar-refractivity contribution >= 4 is 34.2 Å². The Morgan fingerprint density at radius 3 is 2.50 bits per heavy atom. The molecule has 0 aliphatic rings. The molecule has 0 saturated heterocycles. The molecule has 64 valence electrons. The average molecular weight is 279 g/mol. The van der Waals surface area contributed by atoms with Crippen LogP contribution in [0.1, 0.15) is 10.4 Å². The number of nitrogen functional groups attached to an aromatic ring is 1. The first kappa shape index (κ1) is 9.11. The summed E-state index contributed by atoms with van der Waals surface area (Å²) in [5.74, 6) is -1.12. The van der Waals surface area contributed by atoms with Gasteiger partial charge in [0, 0.05) is 0 Å². The number of rotatable bonds is 1. The van der Waals surface area contributed by atoms with Crippen LogP contribution in [0.5, 0.6) is 5.75 Å². The molecule has 1 aromatic rings. The third-order valence-electron chi connectivity index (χ3n) is 1.34. The summed E-state index contributed by atoms with van der Waals surface area (Å²) in [5.41, 5.74) is 5.50. The van der Waals surface area contributed by atoms with Gasteiger partial charge in [-0.15, -0.1) is 0 Å². The van der Waals surface area contributed by atoms with Crippen molar-refractivity contribution in [2.45, 2.75) is 0 Å². The molecule has 4 nitrogen and oxygen atoms in total. The first-order valence-corrected chi connectivity index (χ1v) is 4.11. The molecule has 5 heteroatoms. The maximum absolute atomic E-state index is 10.5. The maximum atomic E-state index is 10.5. The standard InChI is InChI=1S/C7H6INO3/c8-4-1-3(7(11)12)2-5(9)6(4)10/h1-2,10H,9H2,(H,11,12). The number of aromatic hydroxyl groups is 1. The van der Waals surface area contributed by atoms with Gasteiger partial charge in [0.15, 0.2) is 5.75 Å². The van der Waals surface area contributed by atoms with E-state index in [9.17, 15) is 9.90 Å². The number of halogens is 1. The van der Waals surface area contributed by atoms with Crippen molar-refractivity contribution in [2.24, 2.45) is 0 Å². The van der Waals surface area contributed by atoms with E-state index < -0.39 is 5.97 Å². The van der Waals surface area contributed by atoms with Gasteiger partial charge in [-0.1, -0.05) is 0 Å². The number of carboxylic acids is 1. The zero-order valence-electron chi connectivity index (χ0n) is 5.91. The van der Waals surface area contributed by atoms with Crippen LogP contribution in [0.15, 0.2) is 12.1 Å². The fourth-order valence-corrected chi connectivity index (χ4v) is 1.39. The molecule has 0 atom stereocenters. The normalized spacial score (nSPS) is 9.75. The number of aromatic carboxylic acids is 1. The molecule has 0 aliphatic heterocycles. The highest BCUT2D eigenvalue weighted by atomic mass is 127. The van der Waals surface area contributed by atoms with E-state index in [1.165, 1.54) is 12.1 Å². The van der Waals surface area contributed by atoms with Gasteiger partial charge in [-0.2, -0.15) is 0 Å². The largest absolute Gasteiger partial charge is 0.505 e. The van der Waals surface area contributed by atoms with Gasteiger partial charge < -0.3 is 15.9 Å². The van der Waals surface area contributed by atoms with E-state index in [1.807, 2.05) is 22.6 Å². The predicted molar refractivity (Wildman–Crippen MR) is 52.2 cm³/mol. The van der Waals surface area contributed by atoms with E-state index in [4.69, 9.17) is 10.8 Å². The van der Waals surface area contributed by atoms with Crippen molar-refractivity contribution in [3.8, 4) is 5.75 Å². The smallest absolute Gasteiger partial charge is 0.335 e. The summed E-state index contributed by atoms with van der Waals surface area (Å²) < 4.78 is 0.435. The fourth-order valence-electron chi connectivity index (χ4n) is 0.744. The third-order valence-corrected chi connectivity index (χ3v) is 2.16. The molecular weight excluding hydrogens is 273 g/mol. The molecule has 12 heavy (non-hydrogen) atoms. The van der Waals surface area contributed by atoms with Crippen LogP contribution in [-0.4, -0.2) is 16.2 Å². The van der Waals surface area contributed by atoms with E-state index in [2.05, 4.69) is 0 Å². The topological polar surface area (TPSA) is 83.6 Å². The minimum absolute atomic E-state index is 0.0689. The number of phenols is 1. The Kier molecular flexibility index (Phi) is 2.41. The number of carbonyl (C=O) groups is 1. The molecule has 0 fully saturated rings. The first-order chi connectivity index (χ1) is 5.52. The molecule has 0 saturated carbocycles. The van der Waals surface area contributed by atoms with Crippen LogP contribution in [0, 0.1) is 3.57 Å². The number of anilines is 1. The highest BCUT2D eigenvalue weighted by molar-refractivity contribution is 14.1. The van der Waals surface area contributed by atoms with Gasteiger partial charge in [-0.25, -0.2) is 4.79 Å². The Balaban J connectivity index is 3.31. The number of phenolic OH excluding ortho intramolecular Hbond substituents is 1. The molecule has 0 aromatic heterocycles. The second kappa shape index (κ2) is 3.18. The molecule has 0 aliphatic carbocycles. The molecule has 1 aromatic carbocycles. The molecular formula is C7H6INO3. The summed E-state index contributed by atoms with van der Waals surface area (Å²) in [7, 11) is 0. The van der Waals surface area contributed by atoms with Crippen LogP contribution in [0.25, 0.3) is 0 Å². The van der Waals surface area contributed by atoms with Crippen LogP contribution in [0.2, 0.25) is 0 Å². The summed E-state index contributed by atoms with van der Waals surface area (Å²) in [4.78, 5) is 10.5. The molecule has 0 bridgehead atoms. The quantitative estimate of drug-likeness (QED) is 0.411. The van der Waals surface area contributed by atoms with Crippen molar-refractivity contribution in [2.75, 3.05) is 5.73 Å². The fraction of sp³-hybridized carbons (Fsp3) is 0. The molecule has 0 radical (unpaired) electrons. The van der Waals surface area contributed by atoms with E-state index >= 15 is 0 Å². The Hall–Kier alpha value is -0.980. The SMILES string of the molecule is Nc1cc(C(=O)O)cc(I)c1O. The van der Waals surface area contributed by atoms with Crippen LogP contribution in [-0.2, 0) is 0 Å². The number of nitrogens with two attached hydrogens (primary N) is 1. The van der Waals surface area contributed by atoms with Gasteiger partial charge in [0.1, 0.15) is 0 Å². The van der Waals surface area contributed by atoms with Crippen molar-refractivity contribution in [1.29, 1.82) is 0 Å².